The lowest BCUT2D eigenvalue weighted by Gasteiger charge is -2.19. The van der Waals surface area contributed by atoms with Gasteiger partial charge in [-0.25, -0.2) is 12.7 Å². The highest BCUT2D eigenvalue weighted by atomic mass is 32.2. The number of nitrogens with zero attached hydrogens (tertiary/aromatic N) is 3. The van der Waals surface area contributed by atoms with Gasteiger partial charge in [0.15, 0.2) is 5.96 Å². The molecule has 1 aromatic carbocycles. The molecule has 0 aliphatic carbocycles. The molecule has 1 aliphatic heterocycles. The average Bonchev–Trinajstić information content (AvgIpc) is 3.19. The van der Waals surface area contributed by atoms with Crippen LogP contribution in [0.2, 0.25) is 0 Å². The Morgan fingerprint density at radius 3 is 2.25 bits per heavy atom. The van der Waals surface area contributed by atoms with E-state index in [0.29, 0.717) is 32.1 Å². The quantitative estimate of drug-likeness (QED) is 0.454. The Labute approximate surface area is 170 Å². The smallest absolute Gasteiger partial charge is 0.215 e. The van der Waals surface area contributed by atoms with Gasteiger partial charge in [0, 0.05) is 39.8 Å². The second-order valence-electron chi connectivity index (χ2n) is 7.05. The van der Waals surface area contributed by atoms with E-state index in [4.69, 9.17) is 0 Å². The lowest BCUT2D eigenvalue weighted by molar-refractivity contribution is 0.331. The summed E-state index contributed by atoms with van der Waals surface area (Å²) in [7, 11) is -1.54. The number of hydrogen-bond acceptors (Lipinski definition) is 4. The molecule has 1 fully saturated rings. The van der Waals surface area contributed by atoms with Gasteiger partial charge >= 0.3 is 0 Å². The molecule has 0 saturated carbocycles. The summed E-state index contributed by atoms with van der Waals surface area (Å²) in [5.41, 5.74) is 2.51. The minimum atomic E-state index is -3.22. The normalized spacial score (nSPS) is 15.9. The van der Waals surface area contributed by atoms with E-state index in [0.717, 1.165) is 6.54 Å². The van der Waals surface area contributed by atoms with Crippen LogP contribution in [0, 0.1) is 0 Å². The van der Waals surface area contributed by atoms with E-state index in [-0.39, 0.29) is 5.75 Å². The van der Waals surface area contributed by atoms with Crippen molar-refractivity contribution in [3.8, 4) is 0 Å². The monoisotopic (exact) mass is 409 g/mol. The van der Waals surface area contributed by atoms with Crippen LogP contribution in [0.25, 0.3) is 0 Å². The third kappa shape index (κ3) is 7.07. The van der Waals surface area contributed by atoms with Crippen LogP contribution in [0.4, 0.5) is 0 Å². The lowest BCUT2D eigenvalue weighted by atomic mass is 10.1. The van der Waals surface area contributed by atoms with Crippen molar-refractivity contribution in [2.45, 2.75) is 39.8 Å². The Bertz CT molecular complexity index is 709. The molecule has 158 valence electrons. The van der Waals surface area contributed by atoms with Crippen molar-refractivity contribution in [1.29, 1.82) is 0 Å². The second kappa shape index (κ2) is 11.4. The SMILES string of the molecule is CCN(CC)S(=O)(=O)CCNC(=NC)NCc1ccc(CN2CCCC2)cc1. The fourth-order valence-electron chi connectivity index (χ4n) is 3.41. The Morgan fingerprint density at radius 1 is 1.07 bits per heavy atom. The van der Waals surface area contributed by atoms with E-state index >= 15 is 0 Å². The zero-order valence-corrected chi connectivity index (χ0v) is 18.3. The number of nitrogens with one attached hydrogen (secondary N) is 2. The number of benzene rings is 1. The van der Waals surface area contributed by atoms with E-state index in [1.807, 2.05) is 13.8 Å². The summed E-state index contributed by atoms with van der Waals surface area (Å²) in [6, 6.07) is 8.64. The fourth-order valence-corrected chi connectivity index (χ4v) is 4.82. The van der Waals surface area contributed by atoms with Crippen molar-refractivity contribution in [1.82, 2.24) is 19.8 Å². The largest absolute Gasteiger partial charge is 0.355 e. The third-order valence-electron chi connectivity index (χ3n) is 5.06. The molecule has 0 atom stereocenters. The van der Waals surface area contributed by atoms with Crippen molar-refractivity contribution < 1.29 is 8.42 Å². The van der Waals surface area contributed by atoms with Crippen LogP contribution in [0.3, 0.4) is 0 Å². The van der Waals surface area contributed by atoms with Crippen molar-refractivity contribution >= 4 is 16.0 Å². The molecular weight excluding hydrogens is 374 g/mol. The molecule has 0 amide bonds. The van der Waals surface area contributed by atoms with Gasteiger partial charge in [-0.05, 0) is 37.1 Å². The summed E-state index contributed by atoms with van der Waals surface area (Å²) >= 11 is 0. The number of likely N-dealkylation sites (tertiary alicyclic amines) is 1. The number of guanidine groups is 1. The van der Waals surface area contributed by atoms with Gasteiger partial charge in [0.2, 0.25) is 10.0 Å². The third-order valence-corrected chi connectivity index (χ3v) is 7.09. The summed E-state index contributed by atoms with van der Waals surface area (Å²) < 4.78 is 25.9. The number of rotatable bonds is 10. The van der Waals surface area contributed by atoms with Gasteiger partial charge in [0.05, 0.1) is 5.75 Å². The number of hydrogen-bond donors (Lipinski definition) is 2. The van der Waals surface area contributed by atoms with Crippen LogP contribution < -0.4 is 10.6 Å². The van der Waals surface area contributed by atoms with Crippen LogP contribution in [-0.4, -0.2) is 69.1 Å². The van der Waals surface area contributed by atoms with Crippen LogP contribution in [0.15, 0.2) is 29.3 Å². The van der Waals surface area contributed by atoms with E-state index in [1.165, 1.54) is 41.4 Å². The molecule has 0 aromatic heterocycles. The van der Waals surface area contributed by atoms with Crippen LogP contribution in [0.1, 0.15) is 37.8 Å². The summed E-state index contributed by atoms with van der Waals surface area (Å²) in [5.74, 6) is 0.663. The van der Waals surface area contributed by atoms with Gasteiger partial charge in [0.1, 0.15) is 0 Å². The molecule has 2 N–H and O–H groups in total. The number of sulfonamides is 1. The van der Waals surface area contributed by atoms with Gasteiger partial charge in [-0.15, -0.1) is 0 Å². The molecule has 1 heterocycles. The minimum Gasteiger partial charge on any atom is -0.355 e. The molecule has 2 rings (SSSR count). The Morgan fingerprint density at radius 2 is 1.68 bits per heavy atom. The van der Waals surface area contributed by atoms with Crippen LogP contribution in [0.5, 0.6) is 0 Å². The maximum absolute atomic E-state index is 12.2. The number of aliphatic imine (C=N–C) groups is 1. The lowest BCUT2D eigenvalue weighted by Crippen LogP contribution is -2.41. The topological polar surface area (TPSA) is 77.0 Å². The first-order valence-electron chi connectivity index (χ1n) is 10.2. The molecule has 0 bridgehead atoms. The maximum atomic E-state index is 12.2. The zero-order valence-electron chi connectivity index (χ0n) is 17.4. The van der Waals surface area contributed by atoms with Crippen molar-refractivity contribution in [3.05, 3.63) is 35.4 Å². The van der Waals surface area contributed by atoms with Gasteiger partial charge in [-0.1, -0.05) is 38.1 Å². The Kier molecular flexibility index (Phi) is 9.21. The summed E-state index contributed by atoms with van der Waals surface area (Å²) in [4.78, 5) is 6.66. The Hall–Kier alpha value is -1.64. The van der Waals surface area contributed by atoms with Gasteiger partial charge in [-0.2, -0.15) is 0 Å². The highest BCUT2D eigenvalue weighted by Gasteiger charge is 2.18. The first-order chi connectivity index (χ1) is 13.5. The predicted molar refractivity (Wildman–Crippen MR) is 116 cm³/mol. The summed E-state index contributed by atoms with van der Waals surface area (Å²) in [6.07, 6.45) is 2.62. The average molecular weight is 410 g/mol. The second-order valence-corrected chi connectivity index (χ2v) is 9.14. The first-order valence-corrected chi connectivity index (χ1v) is 11.8. The van der Waals surface area contributed by atoms with Gasteiger partial charge < -0.3 is 10.6 Å². The molecule has 28 heavy (non-hydrogen) atoms. The zero-order chi connectivity index (χ0) is 20.4. The molecule has 1 aromatic rings. The molecule has 0 unspecified atom stereocenters. The molecular formula is C20H35N5O2S. The van der Waals surface area contributed by atoms with Gasteiger partial charge in [0.25, 0.3) is 0 Å². The molecule has 1 saturated heterocycles. The van der Waals surface area contributed by atoms with Crippen LogP contribution in [-0.2, 0) is 23.1 Å². The standard InChI is InChI=1S/C20H35N5O2S/c1-4-25(5-2)28(26,27)15-12-22-20(21-3)23-16-18-8-10-19(11-9-18)17-24-13-6-7-14-24/h8-11H,4-7,12-17H2,1-3H3,(H2,21,22,23). The van der Waals surface area contributed by atoms with E-state index in [1.54, 1.807) is 7.05 Å². The van der Waals surface area contributed by atoms with Crippen molar-refractivity contribution in [2.75, 3.05) is 45.5 Å². The highest BCUT2D eigenvalue weighted by Crippen LogP contribution is 2.13. The van der Waals surface area contributed by atoms with Crippen molar-refractivity contribution in [2.24, 2.45) is 4.99 Å². The van der Waals surface area contributed by atoms with Crippen LogP contribution >= 0.6 is 0 Å². The predicted octanol–water partition coefficient (Wildman–Crippen LogP) is 1.62. The summed E-state index contributed by atoms with van der Waals surface area (Å²) in [5, 5.41) is 6.33. The molecule has 0 radical (unpaired) electrons. The summed E-state index contributed by atoms with van der Waals surface area (Å²) in [6.45, 7) is 9.11. The van der Waals surface area contributed by atoms with E-state index in [9.17, 15) is 8.42 Å². The molecule has 7 nitrogen and oxygen atoms in total. The fraction of sp³-hybridized carbons (Fsp3) is 0.650. The van der Waals surface area contributed by atoms with Crippen molar-refractivity contribution in [3.63, 3.8) is 0 Å². The van der Waals surface area contributed by atoms with E-state index in [2.05, 4.69) is 44.8 Å². The Balaban J connectivity index is 1.75. The maximum Gasteiger partial charge on any atom is 0.215 e. The molecule has 0 spiro atoms. The van der Waals surface area contributed by atoms with Gasteiger partial charge in [-0.3, -0.25) is 9.89 Å². The highest BCUT2D eigenvalue weighted by molar-refractivity contribution is 7.89. The molecule has 1 aliphatic rings. The minimum absolute atomic E-state index is 0.0561. The first kappa shape index (κ1) is 22.6. The van der Waals surface area contributed by atoms with E-state index < -0.39 is 10.0 Å². The molecule has 8 heteroatoms.